The molecule has 0 atom stereocenters. The number of ether oxygens (including phenoxy) is 1. The first kappa shape index (κ1) is 16.5. The quantitative estimate of drug-likeness (QED) is 0.710. The van der Waals surface area contributed by atoms with Crippen molar-refractivity contribution in [2.45, 2.75) is 32.4 Å². The Balaban J connectivity index is 1.25. The average molecular weight is 364 g/mol. The minimum Gasteiger partial charge on any atom is -0.487 e. The monoisotopic (exact) mass is 364 g/mol. The van der Waals surface area contributed by atoms with Crippen molar-refractivity contribution in [1.29, 1.82) is 0 Å². The summed E-state index contributed by atoms with van der Waals surface area (Å²) in [5.74, 6) is 2.81. The third-order valence-corrected chi connectivity index (χ3v) is 5.42. The van der Waals surface area contributed by atoms with Crippen LogP contribution in [-0.4, -0.2) is 56.3 Å². The molecule has 7 nitrogen and oxygen atoms in total. The molecule has 3 aromatic rings. The minimum absolute atomic E-state index is 0.0787. The Morgan fingerprint density at radius 3 is 2.81 bits per heavy atom. The Bertz CT molecular complexity index is 974. The molecule has 0 bridgehead atoms. The minimum atomic E-state index is -0.0787. The van der Waals surface area contributed by atoms with E-state index in [-0.39, 0.29) is 5.60 Å². The molecule has 7 heteroatoms. The van der Waals surface area contributed by atoms with E-state index in [1.165, 1.54) is 11.1 Å². The largest absolute Gasteiger partial charge is 0.487 e. The molecule has 5 rings (SSSR count). The molecule has 1 fully saturated rings. The van der Waals surface area contributed by atoms with Gasteiger partial charge < -0.3 is 9.64 Å². The summed E-state index contributed by atoms with van der Waals surface area (Å²) >= 11 is 0. The van der Waals surface area contributed by atoms with Crippen molar-refractivity contribution in [3.05, 3.63) is 47.9 Å². The third kappa shape index (κ3) is 3.12. The highest BCUT2D eigenvalue weighted by atomic mass is 16.5. The smallest absolute Gasteiger partial charge is 0.256 e. The van der Waals surface area contributed by atoms with Crippen LogP contribution in [0.1, 0.15) is 25.0 Å². The van der Waals surface area contributed by atoms with Crippen LogP contribution in [0.2, 0.25) is 0 Å². The molecule has 2 aromatic heterocycles. The Labute approximate surface area is 158 Å². The average Bonchev–Trinajstić information content (AvgIpc) is 3.24. The van der Waals surface area contributed by atoms with Gasteiger partial charge in [-0.15, -0.1) is 10.2 Å². The zero-order valence-electron chi connectivity index (χ0n) is 15.8. The van der Waals surface area contributed by atoms with E-state index in [4.69, 9.17) is 4.74 Å². The highest BCUT2D eigenvalue weighted by Crippen LogP contribution is 2.35. The highest BCUT2D eigenvalue weighted by molar-refractivity contribution is 5.46. The van der Waals surface area contributed by atoms with E-state index in [1.807, 2.05) is 10.5 Å². The fraction of sp³-hybridized carbons (Fsp3) is 0.450. The highest BCUT2D eigenvalue weighted by Gasteiger charge is 2.30. The summed E-state index contributed by atoms with van der Waals surface area (Å²) in [5.41, 5.74) is 2.63. The van der Waals surface area contributed by atoms with E-state index in [0.717, 1.165) is 50.7 Å². The summed E-state index contributed by atoms with van der Waals surface area (Å²) in [6, 6.07) is 8.69. The van der Waals surface area contributed by atoms with E-state index in [9.17, 15) is 0 Å². The van der Waals surface area contributed by atoms with Crippen LogP contribution in [0, 0.1) is 0 Å². The maximum atomic E-state index is 5.99. The lowest BCUT2D eigenvalue weighted by Crippen LogP contribution is -2.46. The van der Waals surface area contributed by atoms with Gasteiger partial charge in [-0.2, -0.15) is 0 Å². The topological polar surface area (TPSA) is 58.8 Å². The number of benzene rings is 1. The number of hydrogen-bond donors (Lipinski definition) is 0. The van der Waals surface area contributed by atoms with E-state index < -0.39 is 0 Å². The molecule has 27 heavy (non-hydrogen) atoms. The van der Waals surface area contributed by atoms with Gasteiger partial charge >= 0.3 is 0 Å². The lowest BCUT2D eigenvalue weighted by atomic mass is 10.00. The van der Waals surface area contributed by atoms with Crippen LogP contribution in [0.15, 0.2) is 36.8 Å². The number of aromatic nitrogens is 4. The standard InChI is InChI=1S/C20H24N6O/c1-20(2)12-16-11-15(3-4-17(16)27-20)13-24-7-9-25(10-8-24)18-5-6-21-19-23-22-14-26(18)19/h3-6,11,14H,7-10,12-13H2,1-2H3. The van der Waals surface area contributed by atoms with Crippen molar-refractivity contribution in [1.82, 2.24) is 24.5 Å². The molecule has 0 N–H and O–H groups in total. The molecule has 0 radical (unpaired) electrons. The van der Waals surface area contributed by atoms with Crippen LogP contribution >= 0.6 is 0 Å². The zero-order valence-corrected chi connectivity index (χ0v) is 15.8. The molecule has 140 valence electrons. The lowest BCUT2D eigenvalue weighted by Gasteiger charge is -2.36. The maximum Gasteiger partial charge on any atom is 0.256 e. The van der Waals surface area contributed by atoms with E-state index in [1.54, 1.807) is 12.5 Å². The molecule has 0 amide bonds. The van der Waals surface area contributed by atoms with Crippen molar-refractivity contribution in [2.75, 3.05) is 31.1 Å². The predicted octanol–water partition coefficient (Wildman–Crippen LogP) is 2.16. The summed E-state index contributed by atoms with van der Waals surface area (Å²) in [5, 5.41) is 8.01. The van der Waals surface area contributed by atoms with E-state index in [2.05, 4.69) is 57.0 Å². The predicted molar refractivity (Wildman–Crippen MR) is 103 cm³/mol. The second-order valence-electron chi connectivity index (χ2n) is 8.05. The first-order valence-corrected chi connectivity index (χ1v) is 9.50. The molecule has 0 saturated carbocycles. The second kappa shape index (κ2) is 6.20. The Morgan fingerprint density at radius 2 is 1.96 bits per heavy atom. The van der Waals surface area contributed by atoms with E-state index >= 15 is 0 Å². The van der Waals surface area contributed by atoms with Gasteiger partial charge in [0.2, 0.25) is 0 Å². The second-order valence-corrected chi connectivity index (χ2v) is 8.05. The van der Waals surface area contributed by atoms with Gasteiger partial charge in [-0.25, -0.2) is 4.98 Å². The Morgan fingerprint density at radius 1 is 1.11 bits per heavy atom. The molecule has 0 unspecified atom stereocenters. The molecule has 0 aliphatic carbocycles. The number of rotatable bonds is 3. The van der Waals surface area contributed by atoms with Crippen LogP contribution in [0.5, 0.6) is 5.75 Å². The summed E-state index contributed by atoms with van der Waals surface area (Å²) in [4.78, 5) is 9.15. The summed E-state index contributed by atoms with van der Waals surface area (Å²) in [6.07, 6.45) is 4.53. The molecule has 1 aromatic carbocycles. The van der Waals surface area contributed by atoms with Crippen LogP contribution in [0.3, 0.4) is 0 Å². The SMILES string of the molecule is CC1(C)Cc2cc(CN3CCN(c4ccnc5nncn45)CC3)ccc2O1. The van der Waals surface area contributed by atoms with Gasteiger partial charge in [-0.1, -0.05) is 12.1 Å². The number of nitrogens with zero attached hydrogens (tertiary/aromatic N) is 6. The van der Waals surface area contributed by atoms with E-state index in [0.29, 0.717) is 5.78 Å². The Kier molecular flexibility index (Phi) is 3.79. The maximum absolute atomic E-state index is 5.99. The van der Waals surface area contributed by atoms with Crippen molar-refractivity contribution < 1.29 is 4.74 Å². The zero-order chi connectivity index (χ0) is 18.4. The third-order valence-electron chi connectivity index (χ3n) is 5.42. The number of piperazine rings is 1. The molecule has 1 saturated heterocycles. The van der Waals surface area contributed by atoms with Crippen molar-refractivity contribution >= 4 is 11.6 Å². The first-order chi connectivity index (χ1) is 13.1. The molecule has 0 spiro atoms. The van der Waals surface area contributed by atoms with Crippen LogP contribution < -0.4 is 9.64 Å². The summed E-state index contributed by atoms with van der Waals surface area (Å²) < 4.78 is 7.95. The van der Waals surface area contributed by atoms with Gasteiger partial charge in [0.15, 0.2) is 0 Å². The summed E-state index contributed by atoms with van der Waals surface area (Å²) in [7, 11) is 0. The van der Waals surface area contributed by atoms with Crippen LogP contribution in [0.25, 0.3) is 5.78 Å². The van der Waals surface area contributed by atoms with Crippen molar-refractivity contribution in [3.63, 3.8) is 0 Å². The normalized spacial score (nSPS) is 19.3. The molecule has 4 heterocycles. The fourth-order valence-corrected chi connectivity index (χ4v) is 4.14. The van der Waals surface area contributed by atoms with Gasteiger partial charge in [0.1, 0.15) is 23.5 Å². The number of hydrogen-bond acceptors (Lipinski definition) is 6. The fourth-order valence-electron chi connectivity index (χ4n) is 4.14. The van der Waals surface area contributed by atoms with Crippen LogP contribution in [-0.2, 0) is 13.0 Å². The number of fused-ring (bicyclic) bond motifs is 2. The Hall–Kier alpha value is -2.67. The molecule has 2 aliphatic heterocycles. The van der Waals surface area contributed by atoms with Gasteiger partial charge in [-0.05, 0) is 37.1 Å². The molecular formula is C20H24N6O. The number of anilines is 1. The first-order valence-electron chi connectivity index (χ1n) is 9.50. The van der Waals surface area contributed by atoms with Crippen molar-refractivity contribution in [3.8, 4) is 5.75 Å². The van der Waals surface area contributed by atoms with Crippen LogP contribution in [0.4, 0.5) is 5.82 Å². The molecular weight excluding hydrogens is 340 g/mol. The lowest BCUT2D eigenvalue weighted by molar-refractivity contribution is 0.138. The van der Waals surface area contributed by atoms with Gasteiger partial charge in [0.25, 0.3) is 5.78 Å². The molecule has 2 aliphatic rings. The van der Waals surface area contributed by atoms with Gasteiger partial charge in [-0.3, -0.25) is 9.30 Å². The van der Waals surface area contributed by atoms with Gasteiger partial charge in [0.05, 0.1) is 0 Å². The summed E-state index contributed by atoms with van der Waals surface area (Å²) in [6.45, 7) is 9.32. The van der Waals surface area contributed by atoms with Gasteiger partial charge in [0, 0.05) is 45.3 Å². The van der Waals surface area contributed by atoms with Crippen molar-refractivity contribution in [2.24, 2.45) is 0 Å².